The summed E-state index contributed by atoms with van der Waals surface area (Å²) in [5, 5.41) is 5.41. The Kier molecular flexibility index (Phi) is 8.54. The molecule has 2 rings (SSSR count). The quantitative estimate of drug-likeness (QED) is 0.347. The predicted octanol–water partition coefficient (Wildman–Crippen LogP) is -1.37. The van der Waals surface area contributed by atoms with E-state index in [9.17, 15) is 28.8 Å². The fourth-order valence-corrected chi connectivity index (χ4v) is 3.83. The van der Waals surface area contributed by atoms with Gasteiger partial charge in [0.2, 0.25) is 0 Å². The number of thioether (sulfide) groups is 1. The molecule has 0 spiro atoms. The molecule has 1 saturated heterocycles. The zero-order valence-electron chi connectivity index (χ0n) is 17.4. The van der Waals surface area contributed by atoms with Crippen LogP contribution in [0.15, 0.2) is 14.6 Å². The van der Waals surface area contributed by atoms with E-state index >= 15 is 0 Å². The van der Waals surface area contributed by atoms with Gasteiger partial charge >= 0.3 is 29.6 Å². The predicted molar refractivity (Wildman–Crippen MR) is 103 cm³/mol. The number of aromatic amines is 2. The van der Waals surface area contributed by atoms with Gasteiger partial charge in [0, 0.05) is 27.7 Å². The Balaban J connectivity index is 2.49. The molecular formula is C17H21N3O11S. The number of nitrogens with zero attached hydrogens (tertiary/aromatic N) is 1. The van der Waals surface area contributed by atoms with Crippen molar-refractivity contribution in [1.82, 2.24) is 15.2 Å². The van der Waals surface area contributed by atoms with Crippen LogP contribution in [-0.2, 0) is 42.9 Å². The van der Waals surface area contributed by atoms with Gasteiger partial charge in [-0.25, -0.2) is 9.89 Å². The first-order chi connectivity index (χ1) is 15.0. The van der Waals surface area contributed by atoms with Crippen molar-refractivity contribution in [2.45, 2.75) is 62.6 Å². The summed E-state index contributed by atoms with van der Waals surface area (Å²) in [5.74, 6) is -3.01. The van der Waals surface area contributed by atoms with Gasteiger partial charge in [0.15, 0.2) is 28.8 Å². The van der Waals surface area contributed by atoms with Crippen LogP contribution in [0.4, 0.5) is 0 Å². The average Bonchev–Trinajstić information content (AvgIpc) is 2.65. The second kappa shape index (κ2) is 10.9. The van der Waals surface area contributed by atoms with Crippen molar-refractivity contribution in [2.75, 3.05) is 6.61 Å². The van der Waals surface area contributed by atoms with Crippen molar-refractivity contribution in [2.24, 2.45) is 0 Å². The van der Waals surface area contributed by atoms with Crippen LogP contribution in [0.5, 0.6) is 0 Å². The van der Waals surface area contributed by atoms with Crippen LogP contribution >= 0.6 is 11.8 Å². The number of ether oxygens (including phenoxy) is 5. The molecule has 0 unspecified atom stereocenters. The fraction of sp³-hybridized carbons (Fsp3) is 0.588. The Labute approximate surface area is 184 Å². The van der Waals surface area contributed by atoms with E-state index in [0.717, 1.165) is 27.7 Å². The van der Waals surface area contributed by atoms with Crippen molar-refractivity contribution >= 4 is 35.6 Å². The van der Waals surface area contributed by atoms with Gasteiger partial charge in [-0.05, 0) is 0 Å². The van der Waals surface area contributed by atoms with Crippen LogP contribution in [0.2, 0.25) is 0 Å². The lowest BCUT2D eigenvalue weighted by molar-refractivity contribution is -0.237. The first-order valence-electron chi connectivity index (χ1n) is 9.14. The third-order valence-corrected chi connectivity index (χ3v) is 4.97. The number of carbonyl (C=O) groups excluding carboxylic acids is 4. The maximum Gasteiger partial charge on any atom is 0.342 e. The molecular weight excluding hydrogens is 454 g/mol. The van der Waals surface area contributed by atoms with Crippen LogP contribution in [0.1, 0.15) is 27.7 Å². The second-order valence-corrected chi connectivity index (χ2v) is 7.58. The number of H-pyrrole nitrogens is 2. The zero-order valence-corrected chi connectivity index (χ0v) is 18.3. The van der Waals surface area contributed by atoms with Crippen molar-refractivity contribution in [1.29, 1.82) is 0 Å². The highest BCUT2D eigenvalue weighted by molar-refractivity contribution is 7.99. The molecule has 1 aromatic rings. The summed E-state index contributed by atoms with van der Waals surface area (Å²) >= 11 is 0.643. The summed E-state index contributed by atoms with van der Waals surface area (Å²) in [6, 6.07) is 0. The van der Waals surface area contributed by atoms with E-state index in [1.54, 1.807) is 0 Å². The summed E-state index contributed by atoms with van der Waals surface area (Å²) in [6.45, 7) is 4.00. The highest BCUT2D eigenvalue weighted by Gasteiger charge is 2.52. The Bertz CT molecular complexity index is 990. The average molecular weight is 475 g/mol. The van der Waals surface area contributed by atoms with Crippen molar-refractivity contribution in [3.63, 3.8) is 0 Å². The van der Waals surface area contributed by atoms with E-state index in [4.69, 9.17) is 23.7 Å². The van der Waals surface area contributed by atoms with Crippen LogP contribution in [-0.4, -0.2) is 75.5 Å². The molecule has 0 saturated carbocycles. The number of hydrogen-bond acceptors (Lipinski definition) is 13. The van der Waals surface area contributed by atoms with E-state index in [2.05, 4.69) is 5.10 Å². The molecule has 15 heteroatoms. The molecule has 2 heterocycles. The van der Waals surface area contributed by atoms with Crippen LogP contribution < -0.4 is 11.2 Å². The topological polar surface area (TPSA) is 193 Å². The first-order valence-corrected chi connectivity index (χ1v) is 10.0. The Morgan fingerprint density at radius 1 is 0.906 bits per heavy atom. The molecule has 1 fully saturated rings. The van der Waals surface area contributed by atoms with Crippen LogP contribution in [0.3, 0.4) is 0 Å². The summed E-state index contributed by atoms with van der Waals surface area (Å²) in [4.78, 5) is 71.7. The molecule has 1 aliphatic heterocycles. The summed E-state index contributed by atoms with van der Waals surface area (Å²) < 4.78 is 26.6. The zero-order chi connectivity index (χ0) is 24.0. The maximum absolute atomic E-state index is 12.1. The van der Waals surface area contributed by atoms with Crippen molar-refractivity contribution in [3.05, 3.63) is 20.8 Å². The van der Waals surface area contributed by atoms with Gasteiger partial charge in [0.25, 0.3) is 5.56 Å². The molecule has 32 heavy (non-hydrogen) atoms. The van der Waals surface area contributed by atoms with Gasteiger partial charge in [-0.3, -0.25) is 29.0 Å². The molecule has 0 radical (unpaired) electrons. The fourth-order valence-electron chi connectivity index (χ4n) is 2.81. The molecule has 5 atom stereocenters. The SMILES string of the molecule is CC(=O)OC[C@H]1O[C@@H](Sc2n[nH]c(=O)[nH]c2=O)[C@@H](OC(C)=O)[C@@H](OC(C)=O)[C@@H]1OC(C)=O. The second-order valence-electron chi connectivity index (χ2n) is 6.50. The highest BCUT2D eigenvalue weighted by atomic mass is 32.2. The number of esters is 4. The summed E-state index contributed by atoms with van der Waals surface area (Å²) in [5.41, 5.74) is -2.94. The van der Waals surface area contributed by atoms with Crippen molar-refractivity contribution < 1.29 is 42.9 Å². The molecule has 0 aromatic carbocycles. The summed E-state index contributed by atoms with van der Waals surface area (Å²) in [7, 11) is 0. The molecule has 2 N–H and O–H groups in total. The Morgan fingerprint density at radius 3 is 2.00 bits per heavy atom. The molecule has 0 amide bonds. The van der Waals surface area contributed by atoms with E-state index in [0.29, 0.717) is 11.8 Å². The van der Waals surface area contributed by atoms with Gasteiger partial charge in [0.05, 0.1) is 0 Å². The highest BCUT2D eigenvalue weighted by Crippen LogP contribution is 2.36. The largest absolute Gasteiger partial charge is 0.463 e. The number of rotatable bonds is 7. The van der Waals surface area contributed by atoms with Gasteiger partial charge in [0.1, 0.15) is 12.7 Å². The lowest BCUT2D eigenvalue weighted by atomic mass is 9.99. The normalized spacial score (nSPS) is 24.8. The van der Waals surface area contributed by atoms with Gasteiger partial charge in [-0.15, -0.1) is 0 Å². The number of nitrogens with one attached hydrogen (secondary N) is 2. The Hall–Kier alpha value is -3.20. The van der Waals surface area contributed by atoms with Gasteiger partial charge < -0.3 is 23.7 Å². The molecule has 14 nitrogen and oxygen atoms in total. The molecule has 1 aromatic heterocycles. The molecule has 0 aliphatic carbocycles. The van der Waals surface area contributed by atoms with E-state index in [1.165, 1.54) is 0 Å². The standard InChI is InChI=1S/C17H21N3O11S/c1-6(21)27-5-10-11(28-7(2)22)12(29-8(3)23)13(30-9(4)24)16(31-10)32-15-14(25)18-17(26)20-19-15/h10-13,16H,5H2,1-4H3,(H2,18,20,25,26)/t10-,11-,12+,13+,16+/m1/s1. The van der Waals surface area contributed by atoms with Crippen LogP contribution in [0, 0.1) is 0 Å². The van der Waals surface area contributed by atoms with Gasteiger partial charge in [-0.1, -0.05) is 11.8 Å². The van der Waals surface area contributed by atoms with Gasteiger partial charge in [-0.2, -0.15) is 5.10 Å². The van der Waals surface area contributed by atoms with E-state index in [-0.39, 0.29) is 5.03 Å². The third-order valence-electron chi connectivity index (χ3n) is 3.86. The number of carbonyl (C=O) groups is 4. The molecule has 1 aliphatic rings. The smallest absolute Gasteiger partial charge is 0.342 e. The minimum absolute atomic E-state index is 0.259. The first kappa shape index (κ1) is 25.1. The lowest BCUT2D eigenvalue weighted by Gasteiger charge is -2.43. The maximum atomic E-state index is 12.1. The van der Waals surface area contributed by atoms with Crippen LogP contribution in [0.25, 0.3) is 0 Å². The molecule has 0 bridgehead atoms. The molecule has 176 valence electrons. The minimum atomic E-state index is -1.38. The Morgan fingerprint density at radius 2 is 1.47 bits per heavy atom. The van der Waals surface area contributed by atoms with E-state index < -0.39 is 71.6 Å². The minimum Gasteiger partial charge on any atom is -0.463 e. The lowest BCUT2D eigenvalue weighted by Crippen LogP contribution is -2.61. The summed E-state index contributed by atoms with van der Waals surface area (Å²) in [6.07, 6.45) is -5.24. The number of hydrogen-bond donors (Lipinski definition) is 2. The van der Waals surface area contributed by atoms with Crippen molar-refractivity contribution in [3.8, 4) is 0 Å². The monoisotopic (exact) mass is 475 g/mol. The number of aromatic nitrogens is 3. The third kappa shape index (κ3) is 6.91. The van der Waals surface area contributed by atoms with E-state index in [1.807, 2.05) is 10.1 Å².